The summed E-state index contributed by atoms with van der Waals surface area (Å²) in [7, 11) is 0. The number of hydrogen-bond donors (Lipinski definition) is 0. The number of hydrogen-bond acceptors (Lipinski definition) is 3. The van der Waals surface area contributed by atoms with Crippen molar-refractivity contribution in [2.24, 2.45) is 0 Å². The number of benzene rings is 8. The summed E-state index contributed by atoms with van der Waals surface area (Å²) in [4.78, 5) is 0. The molecule has 0 saturated heterocycles. The van der Waals surface area contributed by atoms with Crippen LogP contribution in [0.2, 0.25) is 0 Å². The zero-order valence-electron chi connectivity index (χ0n) is 30.0. The Hall–Kier alpha value is -7.28. The molecule has 6 heteroatoms. The third-order valence-electron chi connectivity index (χ3n) is 11.2. The van der Waals surface area contributed by atoms with Gasteiger partial charge < -0.3 is 9.13 Å². The molecule has 8 aromatic carbocycles. The van der Waals surface area contributed by atoms with E-state index in [1.54, 1.807) is 0 Å². The van der Waals surface area contributed by atoms with Gasteiger partial charge in [-0.2, -0.15) is 0 Å². The zero-order chi connectivity index (χ0) is 36.7. The summed E-state index contributed by atoms with van der Waals surface area (Å²) in [6.07, 6.45) is 0. The Morgan fingerprint density at radius 3 is 1.68 bits per heavy atom. The minimum absolute atomic E-state index is 0.789. The van der Waals surface area contributed by atoms with E-state index in [9.17, 15) is 0 Å². The Kier molecular flexibility index (Phi) is 6.73. The number of aromatic nitrogens is 5. The van der Waals surface area contributed by atoms with Crippen LogP contribution in [0.25, 0.3) is 104 Å². The van der Waals surface area contributed by atoms with Crippen molar-refractivity contribution >= 4 is 75.1 Å². The van der Waals surface area contributed by atoms with Crippen molar-refractivity contribution < 1.29 is 0 Å². The number of para-hydroxylation sites is 5. The predicted molar refractivity (Wildman–Crippen MR) is 234 cm³/mol. The van der Waals surface area contributed by atoms with E-state index in [1.807, 2.05) is 35.6 Å². The maximum atomic E-state index is 4.87. The summed E-state index contributed by atoms with van der Waals surface area (Å²) in [6.45, 7) is 0. The van der Waals surface area contributed by atoms with Crippen LogP contribution < -0.4 is 0 Å². The lowest BCUT2D eigenvalue weighted by atomic mass is 10.1. The van der Waals surface area contributed by atoms with Crippen LogP contribution in [0.5, 0.6) is 0 Å². The molecule has 5 nitrogen and oxygen atoms in total. The van der Waals surface area contributed by atoms with Crippen LogP contribution in [-0.4, -0.2) is 23.9 Å². The van der Waals surface area contributed by atoms with Crippen LogP contribution in [-0.2, 0) is 0 Å². The molecule has 4 heterocycles. The van der Waals surface area contributed by atoms with Gasteiger partial charge in [0.1, 0.15) is 0 Å². The average molecular weight is 734 g/mol. The highest BCUT2D eigenvalue weighted by atomic mass is 32.1. The molecule has 0 aliphatic carbocycles. The summed E-state index contributed by atoms with van der Waals surface area (Å²) in [5.74, 6) is 1.59. The van der Waals surface area contributed by atoms with E-state index in [4.69, 9.17) is 10.2 Å². The molecule has 56 heavy (non-hydrogen) atoms. The normalized spacial score (nSPS) is 11.9. The molecule has 12 aromatic rings. The molecule has 0 radical (unpaired) electrons. The fraction of sp³-hybridized carbons (Fsp3) is 0. The van der Waals surface area contributed by atoms with Gasteiger partial charge in [0.25, 0.3) is 0 Å². The van der Waals surface area contributed by atoms with Crippen LogP contribution in [0.1, 0.15) is 0 Å². The molecule has 0 unspecified atom stereocenters. The third-order valence-corrected chi connectivity index (χ3v) is 12.4. The van der Waals surface area contributed by atoms with Crippen LogP contribution in [0.15, 0.2) is 188 Å². The van der Waals surface area contributed by atoms with E-state index in [0.717, 1.165) is 50.9 Å². The summed E-state index contributed by atoms with van der Waals surface area (Å²) < 4.78 is 9.71. The van der Waals surface area contributed by atoms with Gasteiger partial charge in [-0.1, -0.05) is 133 Å². The molecular formula is C50H31N5S. The van der Waals surface area contributed by atoms with Gasteiger partial charge in [-0.15, -0.1) is 21.5 Å². The first-order chi connectivity index (χ1) is 27.8. The number of nitrogens with zero attached hydrogens (tertiary/aromatic N) is 5. The molecule has 0 saturated carbocycles. The van der Waals surface area contributed by atoms with Crippen LogP contribution in [0.3, 0.4) is 0 Å². The largest absolute Gasteiger partial charge is 0.307 e. The second-order valence-corrected chi connectivity index (χ2v) is 15.3. The van der Waals surface area contributed by atoms with E-state index in [-0.39, 0.29) is 0 Å². The molecule has 0 aliphatic heterocycles. The molecule has 0 aliphatic rings. The van der Waals surface area contributed by atoms with Gasteiger partial charge in [-0.05, 0) is 54.6 Å². The molecule has 0 amide bonds. The van der Waals surface area contributed by atoms with E-state index in [2.05, 4.69) is 177 Å². The number of thiophene rings is 1. The minimum Gasteiger partial charge on any atom is -0.307 e. The average Bonchev–Trinajstić information content (AvgIpc) is 4.03. The Morgan fingerprint density at radius 2 is 0.911 bits per heavy atom. The summed E-state index contributed by atoms with van der Waals surface area (Å²) in [5.41, 5.74) is 9.86. The lowest BCUT2D eigenvalue weighted by molar-refractivity contribution is 1.07. The topological polar surface area (TPSA) is 40.6 Å². The van der Waals surface area contributed by atoms with Gasteiger partial charge in [0, 0.05) is 58.5 Å². The Bertz CT molecular complexity index is 3480. The third kappa shape index (κ3) is 4.48. The van der Waals surface area contributed by atoms with Crippen LogP contribution in [0, 0.1) is 0 Å². The van der Waals surface area contributed by atoms with Crippen LogP contribution >= 0.6 is 11.3 Å². The van der Waals surface area contributed by atoms with Crippen molar-refractivity contribution in [1.82, 2.24) is 23.9 Å². The van der Waals surface area contributed by atoms with Crippen molar-refractivity contribution in [1.29, 1.82) is 0 Å². The molecule has 262 valence electrons. The van der Waals surface area contributed by atoms with E-state index < -0.39 is 0 Å². The van der Waals surface area contributed by atoms with Gasteiger partial charge in [0.15, 0.2) is 11.6 Å². The molecule has 0 atom stereocenters. The highest BCUT2D eigenvalue weighted by Crippen LogP contribution is 2.45. The van der Waals surface area contributed by atoms with E-state index in [0.29, 0.717) is 0 Å². The summed E-state index contributed by atoms with van der Waals surface area (Å²) in [6, 6.07) is 67.2. The molecule has 0 spiro atoms. The summed E-state index contributed by atoms with van der Waals surface area (Å²) >= 11 is 1.89. The fourth-order valence-electron chi connectivity index (χ4n) is 8.77. The number of rotatable bonds is 5. The highest BCUT2D eigenvalue weighted by molar-refractivity contribution is 7.26. The van der Waals surface area contributed by atoms with Crippen molar-refractivity contribution in [3.8, 4) is 39.8 Å². The van der Waals surface area contributed by atoms with Gasteiger partial charge in [-0.3, -0.25) is 4.57 Å². The first-order valence-corrected chi connectivity index (χ1v) is 19.7. The van der Waals surface area contributed by atoms with E-state index in [1.165, 1.54) is 52.8 Å². The van der Waals surface area contributed by atoms with Crippen molar-refractivity contribution in [2.45, 2.75) is 0 Å². The lowest BCUT2D eigenvalue weighted by Gasteiger charge is -2.17. The first-order valence-electron chi connectivity index (χ1n) is 18.8. The van der Waals surface area contributed by atoms with Gasteiger partial charge >= 0.3 is 0 Å². The molecule has 12 rings (SSSR count). The van der Waals surface area contributed by atoms with Gasteiger partial charge in [-0.25, -0.2) is 0 Å². The Labute approximate surface area is 325 Å². The van der Waals surface area contributed by atoms with Crippen molar-refractivity contribution in [3.05, 3.63) is 188 Å². The van der Waals surface area contributed by atoms with Crippen molar-refractivity contribution in [3.63, 3.8) is 0 Å². The molecule has 0 bridgehead atoms. The van der Waals surface area contributed by atoms with Crippen molar-refractivity contribution in [2.75, 3.05) is 0 Å². The van der Waals surface area contributed by atoms with Gasteiger partial charge in [0.2, 0.25) is 0 Å². The Balaban J connectivity index is 1.13. The zero-order valence-corrected chi connectivity index (χ0v) is 30.9. The fourth-order valence-corrected chi connectivity index (χ4v) is 10.0. The maximum absolute atomic E-state index is 4.87. The quantitative estimate of drug-likeness (QED) is 0.177. The summed E-state index contributed by atoms with van der Waals surface area (Å²) in [5, 5.41) is 17.2. The van der Waals surface area contributed by atoms with Crippen LogP contribution in [0.4, 0.5) is 0 Å². The van der Waals surface area contributed by atoms with Gasteiger partial charge in [0.05, 0.1) is 33.4 Å². The second kappa shape index (κ2) is 12.1. The first kappa shape index (κ1) is 31.1. The molecule has 4 aromatic heterocycles. The SMILES string of the molecule is c1ccc(-c2nnc(-c3ccc4c5ccccc5n(-c5ccccc5-n5c6ccccc6c6c7sc8ccccc8c7ccc65)c4c3)n2-c2ccccc2)cc1. The molecular weight excluding hydrogens is 703 g/mol. The number of fused-ring (bicyclic) bond motifs is 10. The highest BCUT2D eigenvalue weighted by Gasteiger charge is 2.23. The second-order valence-electron chi connectivity index (χ2n) is 14.2. The minimum atomic E-state index is 0.789. The maximum Gasteiger partial charge on any atom is 0.168 e. The molecule has 0 fully saturated rings. The Morgan fingerprint density at radius 1 is 0.357 bits per heavy atom. The monoisotopic (exact) mass is 733 g/mol. The molecule has 0 N–H and O–H groups in total. The standard InChI is InChI=1S/C50H31N5S/c1-3-15-32(16-4-1)49-51-52-50(53(49)34-17-5-2-6-18-34)33-27-28-36-35-19-7-10-22-40(35)55(45(36)31-33)43-25-13-12-24-42(43)54-41-23-11-8-21-39(41)47-44(54)30-29-38-37-20-9-14-26-46(37)56-48(38)47/h1-31H. The lowest BCUT2D eigenvalue weighted by Crippen LogP contribution is -2.03. The smallest absolute Gasteiger partial charge is 0.168 e. The predicted octanol–water partition coefficient (Wildman–Crippen LogP) is 13.2. The van der Waals surface area contributed by atoms with E-state index >= 15 is 0 Å².